The first kappa shape index (κ1) is 19.1. The fourth-order valence-corrected chi connectivity index (χ4v) is 4.44. The molecule has 0 radical (unpaired) electrons. The van der Waals surface area contributed by atoms with Crippen molar-refractivity contribution in [2.24, 2.45) is 0 Å². The van der Waals surface area contributed by atoms with E-state index in [0.29, 0.717) is 6.42 Å². The number of aromatic nitrogens is 2. The quantitative estimate of drug-likeness (QED) is 0.295. The molecule has 0 bridgehead atoms. The lowest BCUT2D eigenvalue weighted by molar-refractivity contribution is 0.0973. The van der Waals surface area contributed by atoms with Crippen LogP contribution in [0, 0.1) is 0 Å². The summed E-state index contributed by atoms with van der Waals surface area (Å²) in [4.78, 5) is 19.8. The number of hydrogen-bond donors (Lipinski definition) is 0. The first-order valence-electron chi connectivity index (χ1n) is 10.6. The van der Waals surface area contributed by atoms with Crippen LogP contribution >= 0.6 is 0 Å². The summed E-state index contributed by atoms with van der Waals surface area (Å²) in [5, 5.41) is 5.02. The standard InChI is InChI=1S/C24H18O.C4H4N2/c25-24-12-6-11-19-21(24)14-13-20-17-9-4-5-10-18(17)22(15-23(19)20)16-7-2-1-3-8-16;1-2-6-4-3-5-1/h1-5,7-10,13-15H,6,11-12H2;1-4H. The molecular weight excluding hydrogens is 380 g/mol. The van der Waals surface area contributed by atoms with Gasteiger partial charge in [0.1, 0.15) is 0 Å². The van der Waals surface area contributed by atoms with Crippen molar-refractivity contribution in [2.75, 3.05) is 0 Å². The maximum absolute atomic E-state index is 12.3. The summed E-state index contributed by atoms with van der Waals surface area (Å²) < 4.78 is 0. The number of nitrogens with zero attached hydrogens (tertiary/aromatic N) is 2. The van der Waals surface area contributed by atoms with Gasteiger partial charge in [0, 0.05) is 36.8 Å². The van der Waals surface area contributed by atoms with E-state index in [1.807, 2.05) is 12.1 Å². The molecule has 1 aromatic heterocycles. The summed E-state index contributed by atoms with van der Waals surface area (Å²) in [6, 6.07) is 25.6. The molecule has 1 aliphatic rings. The molecule has 0 saturated carbocycles. The van der Waals surface area contributed by atoms with E-state index in [1.165, 1.54) is 38.2 Å². The number of Topliss-reactive ketones (excluding diaryl/α,β-unsaturated/α-hetero) is 1. The summed E-state index contributed by atoms with van der Waals surface area (Å²) in [6.07, 6.45) is 9.18. The first-order chi connectivity index (χ1) is 15.3. The first-order valence-corrected chi connectivity index (χ1v) is 10.6. The van der Waals surface area contributed by atoms with E-state index in [-0.39, 0.29) is 5.78 Å². The van der Waals surface area contributed by atoms with Crippen molar-refractivity contribution in [3.8, 4) is 11.1 Å². The van der Waals surface area contributed by atoms with Gasteiger partial charge in [-0.25, -0.2) is 0 Å². The van der Waals surface area contributed by atoms with Crippen LogP contribution in [0.1, 0.15) is 28.8 Å². The van der Waals surface area contributed by atoms with E-state index in [2.05, 4.69) is 70.6 Å². The molecule has 0 atom stereocenters. The van der Waals surface area contributed by atoms with Crippen molar-refractivity contribution in [1.82, 2.24) is 9.97 Å². The van der Waals surface area contributed by atoms with Crippen LogP contribution < -0.4 is 0 Å². The highest BCUT2D eigenvalue weighted by Gasteiger charge is 2.20. The molecule has 4 aromatic carbocycles. The molecule has 0 spiro atoms. The highest BCUT2D eigenvalue weighted by atomic mass is 16.1. The Kier molecular flexibility index (Phi) is 5.24. The van der Waals surface area contributed by atoms with Crippen molar-refractivity contribution in [3.05, 3.63) is 109 Å². The number of ketones is 1. The maximum atomic E-state index is 12.3. The largest absolute Gasteiger partial charge is 0.294 e. The second-order valence-electron chi connectivity index (χ2n) is 7.69. The molecule has 0 aliphatic heterocycles. The zero-order valence-electron chi connectivity index (χ0n) is 17.2. The molecule has 6 rings (SSSR count). The number of hydrogen-bond acceptors (Lipinski definition) is 3. The maximum Gasteiger partial charge on any atom is 0.163 e. The minimum absolute atomic E-state index is 0.289. The van der Waals surface area contributed by atoms with Gasteiger partial charge in [-0.3, -0.25) is 14.8 Å². The second kappa shape index (κ2) is 8.49. The minimum atomic E-state index is 0.289. The minimum Gasteiger partial charge on any atom is -0.294 e. The predicted octanol–water partition coefficient (Wildman–Crippen LogP) is 6.66. The summed E-state index contributed by atoms with van der Waals surface area (Å²) in [7, 11) is 0. The van der Waals surface area contributed by atoms with Gasteiger partial charge < -0.3 is 0 Å². The van der Waals surface area contributed by atoms with E-state index in [0.717, 1.165) is 18.4 Å². The lowest BCUT2D eigenvalue weighted by atomic mass is 9.84. The number of benzene rings is 4. The molecule has 3 heteroatoms. The number of aryl methyl sites for hydroxylation is 1. The van der Waals surface area contributed by atoms with Crippen LogP contribution in [0.4, 0.5) is 0 Å². The average Bonchev–Trinajstić information content (AvgIpc) is 2.85. The van der Waals surface area contributed by atoms with E-state index in [1.54, 1.807) is 24.8 Å². The molecule has 150 valence electrons. The van der Waals surface area contributed by atoms with E-state index >= 15 is 0 Å². The van der Waals surface area contributed by atoms with E-state index in [9.17, 15) is 4.79 Å². The Balaban J connectivity index is 0.000000296. The number of carbonyl (C=O) groups excluding carboxylic acids is 1. The van der Waals surface area contributed by atoms with Crippen LogP contribution in [0.25, 0.3) is 32.7 Å². The molecule has 0 amide bonds. The Morgan fingerprint density at radius 2 is 1.23 bits per heavy atom. The number of rotatable bonds is 1. The van der Waals surface area contributed by atoms with Crippen LogP contribution in [-0.2, 0) is 6.42 Å². The lowest BCUT2D eigenvalue weighted by Crippen LogP contribution is -2.11. The van der Waals surface area contributed by atoms with Crippen molar-refractivity contribution in [1.29, 1.82) is 0 Å². The molecule has 5 aromatic rings. The fourth-order valence-electron chi connectivity index (χ4n) is 4.44. The molecule has 0 fully saturated rings. The molecule has 1 aliphatic carbocycles. The highest BCUT2D eigenvalue weighted by molar-refractivity contribution is 6.16. The van der Waals surface area contributed by atoms with Crippen LogP contribution in [0.15, 0.2) is 97.6 Å². The third-order valence-electron chi connectivity index (χ3n) is 5.85. The van der Waals surface area contributed by atoms with E-state index in [4.69, 9.17) is 0 Å². The Labute approximate surface area is 181 Å². The molecule has 1 heterocycles. The Morgan fingerprint density at radius 3 is 1.94 bits per heavy atom. The number of carbonyl (C=O) groups is 1. The smallest absolute Gasteiger partial charge is 0.163 e. The monoisotopic (exact) mass is 402 g/mol. The van der Waals surface area contributed by atoms with Gasteiger partial charge in [0.05, 0.1) is 0 Å². The van der Waals surface area contributed by atoms with Crippen molar-refractivity contribution < 1.29 is 4.79 Å². The zero-order valence-corrected chi connectivity index (χ0v) is 17.2. The molecule has 0 N–H and O–H groups in total. The fraction of sp³-hybridized carbons (Fsp3) is 0.107. The van der Waals surface area contributed by atoms with Gasteiger partial charge in [-0.1, -0.05) is 66.7 Å². The molecular formula is C28H22N2O. The Morgan fingerprint density at radius 1 is 0.581 bits per heavy atom. The van der Waals surface area contributed by atoms with Crippen LogP contribution in [-0.4, -0.2) is 15.8 Å². The average molecular weight is 402 g/mol. The van der Waals surface area contributed by atoms with Gasteiger partial charge in [0.25, 0.3) is 0 Å². The molecule has 31 heavy (non-hydrogen) atoms. The molecule has 0 unspecified atom stereocenters. The topological polar surface area (TPSA) is 42.9 Å². The predicted molar refractivity (Wildman–Crippen MR) is 126 cm³/mol. The summed E-state index contributed by atoms with van der Waals surface area (Å²) in [5.41, 5.74) is 4.63. The second-order valence-corrected chi connectivity index (χ2v) is 7.69. The normalized spacial score (nSPS) is 12.8. The van der Waals surface area contributed by atoms with Crippen LogP contribution in [0.3, 0.4) is 0 Å². The van der Waals surface area contributed by atoms with Gasteiger partial charge in [-0.15, -0.1) is 0 Å². The zero-order chi connectivity index (χ0) is 21.0. The van der Waals surface area contributed by atoms with Gasteiger partial charge >= 0.3 is 0 Å². The summed E-state index contributed by atoms with van der Waals surface area (Å²) >= 11 is 0. The molecule has 0 saturated heterocycles. The Hall–Kier alpha value is -3.85. The lowest BCUT2D eigenvalue weighted by Gasteiger charge is -2.19. The van der Waals surface area contributed by atoms with Gasteiger partial charge in [0.2, 0.25) is 0 Å². The SMILES string of the molecule is O=C1CCCc2c1ccc1c2cc(-c2ccccc2)c2ccccc21.c1cnccn1. The van der Waals surface area contributed by atoms with Gasteiger partial charge in [-0.2, -0.15) is 0 Å². The summed E-state index contributed by atoms with van der Waals surface area (Å²) in [6.45, 7) is 0. The van der Waals surface area contributed by atoms with Crippen molar-refractivity contribution >= 4 is 27.3 Å². The van der Waals surface area contributed by atoms with Crippen molar-refractivity contribution in [3.63, 3.8) is 0 Å². The van der Waals surface area contributed by atoms with Gasteiger partial charge in [0.15, 0.2) is 5.78 Å². The van der Waals surface area contributed by atoms with Gasteiger partial charge in [-0.05, 0) is 57.1 Å². The number of fused-ring (bicyclic) bond motifs is 5. The van der Waals surface area contributed by atoms with Crippen molar-refractivity contribution in [2.45, 2.75) is 19.3 Å². The molecule has 3 nitrogen and oxygen atoms in total. The highest BCUT2D eigenvalue weighted by Crippen LogP contribution is 2.38. The summed E-state index contributed by atoms with van der Waals surface area (Å²) in [5.74, 6) is 0.289. The Bertz CT molecular complexity index is 1340. The van der Waals surface area contributed by atoms with Crippen LogP contribution in [0.2, 0.25) is 0 Å². The van der Waals surface area contributed by atoms with E-state index < -0.39 is 0 Å². The van der Waals surface area contributed by atoms with Crippen LogP contribution in [0.5, 0.6) is 0 Å². The third kappa shape index (κ3) is 3.71. The third-order valence-corrected chi connectivity index (χ3v) is 5.85.